The summed E-state index contributed by atoms with van der Waals surface area (Å²) in [6, 6.07) is 5.05. The van der Waals surface area contributed by atoms with Crippen LogP contribution in [0.2, 0.25) is 0 Å². The lowest BCUT2D eigenvalue weighted by Gasteiger charge is -2.09. The number of benzene rings is 1. The number of thiazole rings is 1. The zero-order chi connectivity index (χ0) is 15.0. The van der Waals surface area contributed by atoms with Gasteiger partial charge in [0.25, 0.3) is 0 Å². The molecule has 3 rings (SSSR count). The molecule has 0 amide bonds. The highest BCUT2D eigenvalue weighted by Gasteiger charge is 2.13. The average Bonchev–Trinajstić information content (AvgIpc) is 3.09. The molecule has 3 N–H and O–H groups in total. The Bertz CT molecular complexity index is 846. The maximum absolute atomic E-state index is 10.2. The first-order valence-electron chi connectivity index (χ1n) is 6.28. The van der Waals surface area contributed by atoms with Crippen molar-refractivity contribution in [1.82, 2.24) is 14.8 Å². The molecule has 0 fully saturated rings. The molecule has 0 bridgehead atoms. The fourth-order valence-electron chi connectivity index (χ4n) is 2.03. The fraction of sp³-hybridized carbons (Fsp3) is 0.143. The van der Waals surface area contributed by atoms with E-state index in [9.17, 15) is 10.2 Å². The van der Waals surface area contributed by atoms with Crippen molar-refractivity contribution in [3.63, 3.8) is 0 Å². The summed E-state index contributed by atoms with van der Waals surface area (Å²) in [6.45, 7) is 1.68. The Morgan fingerprint density at radius 2 is 2.10 bits per heavy atom. The Labute approximate surface area is 124 Å². The van der Waals surface area contributed by atoms with E-state index in [0.29, 0.717) is 16.9 Å². The lowest BCUT2D eigenvalue weighted by Crippen LogP contribution is -2.11. The fourth-order valence-corrected chi connectivity index (χ4v) is 2.93. The van der Waals surface area contributed by atoms with Crippen LogP contribution in [0.15, 0.2) is 34.8 Å². The first kappa shape index (κ1) is 13.4. The van der Waals surface area contributed by atoms with Gasteiger partial charge in [-0.3, -0.25) is 5.10 Å². The van der Waals surface area contributed by atoms with E-state index in [-0.39, 0.29) is 11.5 Å². The minimum atomic E-state index is 0.0801. The van der Waals surface area contributed by atoms with E-state index >= 15 is 0 Å². The number of aromatic nitrogens is 3. The smallest absolute Gasteiger partial charge is 0.191 e. The second-order valence-corrected chi connectivity index (χ2v) is 5.46. The van der Waals surface area contributed by atoms with Crippen molar-refractivity contribution in [2.24, 2.45) is 12.0 Å². The molecule has 0 aliphatic heterocycles. The third-order valence-electron chi connectivity index (χ3n) is 3.30. The molecule has 0 radical (unpaired) electrons. The van der Waals surface area contributed by atoms with Crippen LogP contribution >= 0.6 is 11.3 Å². The van der Waals surface area contributed by atoms with Crippen molar-refractivity contribution in [2.75, 3.05) is 0 Å². The van der Waals surface area contributed by atoms with Gasteiger partial charge < -0.3 is 14.8 Å². The van der Waals surface area contributed by atoms with Crippen molar-refractivity contribution in [2.45, 2.75) is 6.92 Å². The average molecular weight is 302 g/mol. The summed E-state index contributed by atoms with van der Waals surface area (Å²) in [4.78, 5) is 5.23. The van der Waals surface area contributed by atoms with Gasteiger partial charge in [-0.1, -0.05) is 0 Å². The minimum absolute atomic E-state index is 0.0801. The molecule has 108 valence electrons. The molecule has 2 aromatic heterocycles. The Morgan fingerprint density at radius 1 is 1.29 bits per heavy atom. The van der Waals surface area contributed by atoms with Crippen LogP contribution in [-0.2, 0) is 7.05 Å². The van der Waals surface area contributed by atoms with E-state index in [1.165, 1.54) is 11.3 Å². The SMILES string of the molecule is Cc1c(O)ccc(-c2cs/c(=N\c3ccn[nH]3)n2C)c1O. The molecule has 6 nitrogen and oxygen atoms in total. The number of H-pyrrole nitrogens is 1. The molecule has 0 unspecified atom stereocenters. The first-order chi connectivity index (χ1) is 10.1. The van der Waals surface area contributed by atoms with Gasteiger partial charge >= 0.3 is 0 Å². The monoisotopic (exact) mass is 302 g/mol. The van der Waals surface area contributed by atoms with Crippen LogP contribution < -0.4 is 4.80 Å². The second-order valence-electron chi connectivity index (χ2n) is 4.62. The Hall–Kier alpha value is -2.54. The zero-order valence-electron chi connectivity index (χ0n) is 11.5. The van der Waals surface area contributed by atoms with Crippen LogP contribution in [0.3, 0.4) is 0 Å². The molecule has 7 heteroatoms. The zero-order valence-corrected chi connectivity index (χ0v) is 12.3. The number of nitrogens with one attached hydrogen (secondary N) is 1. The van der Waals surface area contributed by atoms with Crippen molar-refractivity contribution in [3.05, 3.63) is 40.1 Å². The molecule has 0 saturated heterocycles. The molecule has 0 aliphatic rings. The van der Waals surface area contributed by atoms with Gasteiger partial charge in [0.05, 0.1) is 11.9 Å². The highest BCUT2D eigenvalue weighted by Crippen LogP contribution is 2.36. The largest absolute Gasteiger partial charge is 0.508 e. The normalized spacial score (nSPS) is 12.0. The number of hydrogen-bond donors (Lipinski definition) is 3. The number of hydrogen-bond acceptors (Lipinski definition) is 5. The van der Waals surface area contributed by atoms with Gasteiger partial charge in [-0.25, -0.2) is 4.99 Å². The van der Waals surface area contributed by atoms with Crippen LogP contribution in [0, 0.1) is 6.92 Å². The summed E-state index contributed by atoms with van der Waals surface area (Å²) < 4.78 is 1.89. The molecule has 1 aromatic carbocycles. The topological polar surface area (TPSA) is 86.4 Å². The van der Waals surface area contributed by atoms with Crippen molar-refractivity contribution < 1.29 is 10.2 Å². The summed E-state index contributed by atoms with van der Waals surface area (Å²) >= 11 is 1.46. The lowest BCUT2D eigenvalue weighted by atomic mass is 10.1. The summed E-state index contributed by atoms with van der Waals surface area (Å²) in [5.74, 6) is 0.832. The Balaban J connectivity index is 2.14. The Kier molecular flexibility index (Phi) is 3.26. The molecule has 0 spiro atoms. The van der Waals surface area contributed by atoms with Gasteiger partial charge in [0.2, 0.25) is 0 Å². The number of rotatable bonds is 2. The van der Waals surface area contributed by atoms with E-state index in [2.05, 4.69) is 15.2 Å². The quantitative estimate of drug-likeness (QED) is 0.679. The minimum Gasteiger partial charge on any atom is -0.508 e. The molecular formula is C14H14N4O2S. The highest BCUT2D eigenvalue weighted by molar-refractivity contribution is 7.07. The summed E-state index contributed by atoms with van der Waals surface area (Å²) in [5.41, 5.74) is 1.96. The third-order valence-corrected chi connectivity index (χ3v) is 4.22. The van der Waals surface area contributed by atoms with Gasteiger partial charge in [0.1, 0.15) is 11.5 Å². The van der Waals surface area contributed by atoms with E-state index in [0.717, 1.165) is 10.5 Å². The summed E-state index contributed by atoms with van der Waals surface area (Å²) in [5, 5.41) is 28.4. The van der Waals surface area contributed by atoms with Crippen LogP contribution in [0.25, 0.3) is 11.3 Å². The Morgan fingerprint density at radius 3 is 2.81 bits per heavy atom. The van der Waals surface area contributed by atoms with E-state index < -0.39 is 0 Å². The predicted octanol–water partition coefficient (Wildman–Crippen LogP) is 2.43. The summed E-state index contributed by atoms with van der Waals surface area (Å²) in [6.07, 6.45) is 1.64. The number of phenols is 2. The van der Waals surface area contributed by atoms with Crippen molar-refractivity contribution in [3.8, 4) is 22.8 Å². The van der Waals surface area contributed by atoms with Gasteiger partial charge in [0, 0.05) is 29.6 Å². The molecule has 0 saturated carbocycles. The number of nitrogens with zero attached hydrogens (tertiary/aromatic N) is 3. The molecule has 0 aliphatic carbocycles. The van der Waals surface area contributed by atoms with Crippen LogP contribution in [0.1, 0.15) is 5.56 Å². The molecule has 2 heterocycles. The molecule has 21 heavy (non-hydrogen) atoms. The van der Waals surface area contributed by atoms with Crippen molar-refractivity contribution >= 4 is 17.2 Å². The van der Waals surface area contributed by atoms with E-state index in [1.54, 1.807) is 31.3 Å². The number of aromatic hydroxyl groups is 2. The van der Waals surface area contributed by atoms with E-state index in [1.807, 2.05) is 17.0 Å². The van der Waals surface area contributed by atoms with Crippen LogP contribution in [-0.4, -0.2) is 25.0 Å². The van der Waals surface area contributed by atoms with Crippen molar-refractivity contribution in [1.29, 1.82) is 0 Å². The summed E-state index contributed by atoms with van der Waals surface area (Å²) in [7, 11) is 1.88. The number of phenolic OH excluding ortho intramolecular Hbond substituents is 2. The molecule has 3 aromatic rings. The van der Waals surface area contributed by atoms with E-state index in [4.69, 9.17) is 0 Å². The predicted molar refractivity (Wildman–Crippen MR) is 80.6 cm³/mol. The molecule has 0 atom stereocenters. The maximum atomic E-state index is 10.2. The second kappa shape index (κ2) is 5.10. The first-order valence-corrected chi connectivity index (χ1v) is 7.16. The van der Waals surface area contributed by atoms with Crippen LogP contribution in [0.4, 0.5) is 5.82 Å². The van der Waals surface area contributed by atoms with Crippen LogP contribution in [0.5, 0.6) is 11.5 Å². The van der Waals surface area contributed by atoms with Gasteiger partial charge in [-0.2, -0.15) is 5.10 Å². The lowest BCUT2D eigenvalue weighted by molar-refractivity contribution is 0.444. The maximum Gasteiger partial charge on any atom is 0.191 e. The van der Waals surface area contributed by atoms with Gasteiger partial charge in [0.15, 0.2) is 10.6 Å². The number of aromatic amines is 1. The molecular weight excluding hydrogens is 288 g/mol. The van der Waals surface area contributed by atoms with Gasteiger partial charge in [-0.05, 0) is 19.1 Å². The third kappa shape index (κ3) is 2.31. The standard InChI is InChI=1S/C14H14N4O2S/c1-8-11(19)4-3-9(13(8)20)10-7-21-14(18(10)2)16-12-5-6-15-17-12/h3-7,19-20H,1-2H3,(H,15,17)/b16-14-. The highest BCUT2D eigenvalue weighted by atomic mass is 32.1. The van der Waals surface area contributed by atoms with Gasteiger partial charge in [-0.15, -0.1) is 11.3 Å².